The van der Waals surface area contributed by atoms with E-state index in [0.717, 1.165) is 12.1 Å². The van der Waals surface area contributed by atoms with Gasteiger partial charge in [-0.05, 0) is 6.07 Å². The predicted octanol–water partition coefficient (Wildman–Crippen LogP) is 3.19. The highest BCUT2D eigenvalue weighted by molar-refractivity contribution is 5.92. The number of nitrogens with zero attached hydrogens (tertiary/aromatic N) is 1. The lowest BCUT2D eigenvalue weighted by Gasteiger charge is -2.20. The molecular weight excluding hydrogens is 224 g/mol. The van der Waals surface area contributed by atoms with Crippen LogP contribution in [0.3, 0.4) is 0 Å². The van der Waals surface area contributed by atoms with Crippen molar-refractivity contribution < 1.29 is 13.6 Å². The summed E-state index contributed by atoms with van der Waals surface area (Å²) in [5.41, 5.74) is -0.824. The molecule has 1 aromatic rings. The Balaban J connectivity index is 3.21. The lowest BCUT2D eigenvalue weighted by atomic mass is 9.80. The first-order chi connectivity index (χ1) is 7.77. The largest absolute Gasteiger partial charge is 0.297 e. The second kappa shape index (κ2) is 4.62. The summed E-state index contributed by atoms with van der Waals surface area (Å²) >= 11 is 0. The van der Waals surface area contributed by atoms with E-state index in [1.807, 2.05) is 0 Å². The van der Waals surface area contributed by atoms with Crippen LogP contribution in [0.5, 0.6) is 0 Å². The zero-order valence-electron chi connectivity index (χ0n) is 9.92. The Labute approximate surface area is 98.9 Å². The highest BCUT2D eigenvalue weighted by Crippen LogP contribution is 2.28. The molecule has 1 aromatic carbocycles. The van der Waals surface area contributed by atoms with E-state index >= 15 is 0 Å². The molecule has 0 spiro atoms. The monoisotopic (exact) mass is 237 g/mol. The molecule has 90 valence electrons. The molecule has 2 nitrogen and oxygen atoms in total. The van der Waals surface area contributed by atoms with Crippen molar-refractivity contribution in [2.45, 2.75) is 26.7 Å². The van der Waals surface area contributed by atoms with Crippen LogP contribution < -0.4 is 0 Å². The highest BCUT2D eigenvalue weighted by atomic mass is 19.1. The fraction of sp³-hybridized carbons (Fsp3) is 0.385. The molecule has 0 amide bonds. The first-order valence-electron chi connectivity index (χ1n) is 5.16. The zero-order chi connectivity index (χ0) is 13.2. The zero-order valence-corrected chi connectivity index (χ0v) is 9.92. The fourth-order valence-electron chi connectivity index (χ4n) is 1.44. The number of benzene rings is 1. The van der Waals surface area contributed by atoms with Crippen LogP contribution in [0.2, 0.25) is 0 Å². The van der Waals surface area contributed by atoms with Crippen molar-refractivity contribution in [3.8, 4) is 6.07 Å². The van der Waals surface area contributed by atoms with E-state index in [4.69, 9.17) is 5.26 Å². The average molecular weight is 237 g/mol. The lowest BCUT2D eigenvalue weighted by Crippen LogP contribution is -2.26. The van der Waals surface area contributed by atoms with E-state index in [2.05, 4.69) is 0 Å². The smallest absolute Gasteiger partial charge is 0.159 e. The van der Waals surface area contributed by atoms with Gasteiger partial charge in [0.1, 0.15) is 17.6 Å². The Hall–Kier alpha value is -1.76. The second-order valence-corrected chi connectivity index (χ2v) is 4.84. The number of ketones is 1. The van der Waals surface area contributed by atoms with Gasteiger partial charge in [-0.1, -0.05) is 26.8 Å². The van der Waals surface area contributed by atoms with Crippen LogP contribution in [0, 0.1) is 28.4 Å². The molecule has 0 N–H and O–H groups in total. The minimum Gasteiger partial charge on any atom is -0.297 e. The molecule has 0 saturated carbocycles. The molecule has 0 aliphatic heterocycles. The van der Waals surface area contributed by atoms with Gasteiger partial charge in [0, 0.05) is 17.0 Å². The van der Waals surface area contributed by atoms with Crippen LogP contribution in [-0.2, 0) is 4.79 Å². The van der Waals surface area contributed by atoms with Gasteiger partial charge in [-0.2, -0.15) is 5.26 Å². The first-order valence-corrected chi connectivity index (χ1v) is 5.16. The fourth-order valence-corrected chi connectivity index (χ4v) is 1.44. The van der Waals surface area contributed by atoms with Crippen LogP contribution >= 0.6 is 0 Å². The second-order valence-electron chi connectivity index (χ2n) is 4.84. The molecule has 0 aliphatic rings. The van der Waals surface area contributed by atoms with Gasteiger partial charge < -0.3 is 0 Å². The number of hydrogen-bond acceptors (Lipinski definition) is 2. The Kier molecular flexibility index (Phi) is 3.62. The molecular formula is C13H13F2NO. The van der Waals surface area contributed by atoms with Gasteiger partial charge >= 0.3 is 0 Å². The van der Waals surface area contributed by atoms with Crippen LogP contribution in [0.25, 0.3) is 0 Å². The molecule has 1 unspecified atom stereocenters. The van der Waals surface area contributed by atoms with Gasteiger partial charge in [0.2, 0.25) is 0 Å². The SMILES string of the molecule is CC(C)(C)C(=O)C(C#N)c1ccc(F)cc1F. The molecule has 1 atom stereocenters. The van der Waals surface area contributed by atoms with Crippen LogP contribution in [-0.4, -0.2) is 5.78 Å². The van der Waals surface area contributed by atoms with Gasteiger partial charge in [-0.15, -0.1) is 0 Å². The van der Waals surface area contributed by atoms with E-state index < -0.39 is 23.0 Å². The Morgan fingerprint density at radius 3 is 2.35 bits per heavy atom. The Morgan fingerprint density at radius 2 is 1.94 bits per heavy atom. The van der Waals surface area contributed by atoms with Crippen molar-refractivity contribution in [1.82, 2.24) is 0 Å². The summed E-state index contributed by atoms with van der Waals surface area (Å²) in [5.74, 6) is -3.18. The summed E-state index contributed by atoms with van der Waals surface area (Å²) in [4.78, 5) is 12.0. The van der Waals surface area contributed by atoms with Gasteiger partial charge in [-0.3, -0.25) is 4.79 Å². The molecule has 0 bridgehead atoms. The molecule has 0 fully saturated rings. The molecule has 1 rings (SSSR count). The summed E-state index contributed by atoms with van der Waals surface area (Å²) in [6, 6.07) is 4.63. The predicted molar refractivity (Wildman–Crippen MR) is 59.2 cm³/mol. The van der Waals surface area contributed by atoms with E-state index in [-0.39, 0.29) is 11.3 Å². The Morgan fingerprint density at radius 1 is 1.35 bits per heavy atom. The molecule has 0 heterocycles. The number of nitriles is 1. The van der Waals surface area contributed by atoms with Crippen LogP contribution in [0.15, 0.2) is 18.2 Å². The topological polar surface area (TPSA) is 40.9 Å². The number of rotatable bonds is 2. The van der Waals surface area contributed by atoms with Crippen molar-refractivity contribution in [2.75, 3.05) is 0 Å². The number of halogens is 2. The van der Waals surface area contributed by atoms with Gasteiger partial charge in [-0.25, -0.2) is 8.78 Å². The maximum Gasteiger partial charge on any atom is 0.159 e. The normalized spacial score (nSPS) is 12.9. The minimum atomic E-state index is -1.20. The van der Waals surface area contributed by atoms with E-state index in [1.54, 1.807) is 26.8 Å². The van der Waals surface area contributed by atoms with Crippen LogP contribution in [0.4, 0.5) is 8.78 Å². The standard InChI is InChI=1S/C13H13F2NO/c1-13(2,3)12(17)10(7-16)9-5-4-8(14)6-11(9)15/h4-6,10H,1-3H3. The van der Waals surface area contributed by atoms with Gasteiger partial charge in [0.15, 0.2) is 5.78 Å². The quantitative estimate of drug-likeness (QED) is 0.792. The van der Waals surface area contributed by atoms with Crippen LogP contribution in [0.1, 0.15) is 32.3 Å². The summed E-state index contributed by atoms with van der Waals surface area (Å²) in [7, 11) is 0. The van der Waals surface area contributed by atoms with Crippen molar-refractivity contribution in [3.63, 3.8) is 0 Å². The number of carbonyl (C=O) groups is 1. The summed E-state index contributed by atoms with van der Waals surface area (Å²) in [6.45, 7) is 4.96. The van der Waals surface area contributed by atoms with Crippen molar-refractivity contribution >= 4 is 5.78 Å². The number of hydrogen-bond donors (Lipinski definition) is 0. The molecule has 0 aromatic heterocycles. The first kappa shape index (κ1) is 13.3. The van der Waals surface area contributed by atoms with E-state index in [0.29, 0.717) is 6.07 Å². The highest BCUT2D eigenvalue weighted by Gasteiger charge is 2.32. The molecule has 0 saturated heterocycles. The third-order valence-electron chi connectivity index (χ3n) is 2.40. The number of carbonyl (C=O) groups excluding carboxylic acids is 1. The Bertz CT molecular complexity index is 483. The minimum absolute atomic E-state index is 0.0752. The molecule has 4 heteroatoms. The number of Topliss-reactive ketones (excluding diaryl/α,β-unsaturated/α-hetero) is 1. The summed E-state index contributed by atoms with van der Waals surface area (Å²) in [5, 5.41) is 8.98. The summed E-state index contributed by atoms with van der Waals surface area (Å²) < 4.78 is 26.2. The lowest BCUT2D eigenvalue weighted by molar-refractivity contribution is -0.126. The third-order valence-corrected chi connectivity index (χ3v) is 2.40. The van der Waals surface area contributed by atoms with E-state index in [9.17, 15) is 13.6 Å². The summed E-state index contributed by atoms with van der Waals surface area (Å²) in [6.07, 6.45) is 0. The molecule has 0 aliphatic carbocycles. The third kappa shape index (κ3) is 2.88. The average Bonchev–Trinajstić information content (AvgIpc) is 2.20. The maximum absolute atomic E-state index is 13.5. The van der Waals surface area contributed by atoms with Crippen molar-refractivity contribution in [1.29, 1.82) is 5.26 Å². The van der Waals surface area contributed by atoms with E-state index in [1.165, 1.54) is 0 Å². The van der Waals surface area contributed by atoms with Gasteiger partial charge in [0.05, 0.1) is 6.07 Å². The molecule has 17 heavy (non-hydrogen) atoms. The van der Waals surface area contributed by atoms with Crippen molar-refractivity contribution in [3.05, 3.63) is 35.4 Å². The maximum atomic E-state index is 13.5. The van der Waals surface area contributed by atoms with Crippen molar-refractivity contribution in [2.24, 2.45) is 5.41 Å². The van der Waals surface area contributed by atoms with Gasteiger partial charge in [0.25, 0.3) is 0 Å². The molecule has 0 radical (unpaired) electrons.